The fraction of sp³-hybridized carbons (Fsp3) is 0.211. The topological polar surface area (TPSA) is 64.1 Å². The van der Waals surface area contributed by atoms with Crippen molar-refractivity contribution in [2.24, 2.45) is 0 Å². The van der Waals surface area contributed by atoms with Gasteiger partial charge < -0.3 is 10.1 Å². The van der Waals surface area contributed by atoms with Crippen LogP contribution in [-0.2, 0) is 11.3 Å². The van der Waals surface area contributed by atoms with Crippen molar-refractivity contribution in [3.05, 3.63) is 65.5 Å². The van der Waals surface area contributed by atoms with E-state index in [1.165, 1.54) is 5.56 Å². The van der Waals surface area contributed by atoms with Crippen molar-refractivity contribution in [1.29, 1.82) is 0 Å². The maximum Gasteiger partial charge on any atom is 0.376 e. The summed E-state index contributed by atoms with van der Waals surface area (Å²) < 4.78 is 5.02. The van der Waals surface area contributed by atoms with Crippen LogP contribution in [0.3, 0.4) is 0 Å². The lowest BCUT2D eigenvalue weighted by Gasteiger charge is -2.10. The summed E-state index contributed by atoms with van der Waals surface area (Å²) in [4.78, 5) is 20.6. The highest BCUT2D eigenvalue weighted by atomic mass is 16.5. The number of nitrogens with zero attached hydrogens (tertiary/aromatic N) is 2. The van der Waals surface area contributed by atoms with Gasteiger partial charge in [0.15, 0.2) is 0 Å². The number of benzene rings is 2. The predicted molar refractivity (Wildman–Crippen MR) is 94.0 cm³/mol. The summed E-state index contributed by atoms with van der Waals surface area (Å²) in [6.45, 7) is 4.72. The normalized spacial score (nSPS) is 10.6. The first kappa shape index (κ1) is 15.9. The fourth-order valence-corrected chi connectivity index (χ4v) is 2.39. The molecule has 0 amide bonds. The molecule has 0 saturated carbocycles. The number of carbonyl (C=O) groups excluding carboxylic acids is 1. The zero-order valence-corrected chi connectivity index (χ0v) is 13.7. The van der Waals surface area contributed by atoms with Crippen molar-refractivity contribution >= 4 is 22.7 Å². The molecule has 0 unspecified atom stereocenters. The highest BCUT2D eigenvalue weighted by molar-refractivity contribution is 5.94. The Morgan fingerprint density at radius 3 is 2.58 bits per heavy atom. The molecular weight excluding hydrogens is 302 g/mol. The summed E-state index contributed by atoms with van der Waals surface area (Å²) in [6.07, 6.45) is 0. The highest BCUT2D eigenvalue weighted by Crippen LogP contribution is 2.21. The van der Waals surface area contributed by atoms with E-state index in [9.17, 15) is 4.79 Å². The number of aryl methyl sites for hydroxylation is 1. The van der Waals surface area contributed by atoms with Crippen LogP contribution >= 0.6 is 0 Å². The van der Waals surface area contributed by atoms with Gasteiger partial charge in [-0.15, -0.1) is 0 Å². The molecule has 3 aromatic rings. The average Bonchev–Trinajstić information content (AvgIpc) is 2.61. The van der Waals surface area contributed by atoms with Crippen molar-refractivity contribution in [3.63, 3.8) is 0 Å². The van der Waals surface area contributed by atoms with Gasteiger partial charge in [-0.1, -0.05) is 42.0 Å². The van der Waals surface area contributed by atoms with E-state index in [1.54, 1.807) is 6.92 Å². The Kier molecular flexibility index (Phi) is 4.70. The first-order chi connectivity index (χ1) is 11.7. The van der Waals surface area contributed by atoms with E-state index < -0.39 is 5.97 Å². The van der Waals surface area contributed by atoms with Gasteiger partial charge in [0.25, 0.3) is 0 Å². The van der Waals surface area contributed by atoms with Crippen molar-refractivity contribution in [1.82, 2.24) is 9.97 Å². The fourth-order valence-electron chi connectivity index (χ4n) is 2.39. The van der Waals surface area contributed by atoms with Crippen LogP contribution in [0.2, 0.25) is 0 Å². The number of rotatable bonds is 5. The maximum absolute atomic E-state index is 12.0. The molecule has 0 radical (unpaired) electrons. The van der Waals surface area contributed by atoms with Crippen LogP contribution in [0.1, 0.15) is 28.7 Å². The molecule has 0 spiro atoms. The molecule has 1 heterocycles. The van der Waals surface area contributed by atoms with Crippen molar-refractivity contribution < 1.29 is 9.53 Å². The van der Waals surface area contributed by atoms with Crippen LogP contribution < -0.4 is 5.32 Å². The van der Waals surface area contributed by atoms with Crippen molar-refractivity contribution in [2.45, 2.75) is 20.4 Å². The molecule has 5 nitrogen and oxygen atoms in total. The summed E-state index contributed by atoms with van der Waals surface area (Å²) in [7, 11) is 0. The van der Waals surface area contributed by atoms with Crippen LogP contribution in [-0.4, -0.2) is 22.5 Å². The van der Waals surface area contributed by atoms with E-state index in [1.807, 2.05) is 24.3 Å². The molecule has 0 aliphatic carbocycles. The number of para-hydroxylation sites is 1. The lowest BCUT2D eigenvalue weighted by molar-refractivity contribution is 0.0512. The Bertz CT molecular complexity index is 860. The highest BCUT2D eigenvalue weighted by Gasteiger charge is 2.14. The minimum Gasteiger partial charge on any atom is -0.460 e. The molecular formula is C19H19N3O2. The zero-order chi connectivity index (χ0) is 16.9. The number of hydrogen-bond donors (Lipinski definition) is 1. The number of nitrogens with one attached hydrogen (secondary N) is 1. The number of aromatic nitrogens is 2. The zero-order valence-electron chi connectivity index (χ0n) is 13.7. The molecule has 1 N–H and O–H groups in total. The van der Waals surface area contributed by atoms with Gasteiger partial charge >= 0.3 is 5.97 Å². The van der Waals surface area contributed by atoms with E-state index in [-0.39, 0.29) is 5.82 Å². The van der Waals surface area contributed by atoms with Gasteiger partial charge in [-0.05, 0) is 31.5 Å². The molecule has 1 aromatic heterocycles. The predicted octanol–water partition coefficient (Wildman–Crippen LogP) is 3.73. The van der Waals surface area contributed by atoms with E-state index in [2.05, 4.69) is 46.5 Å². The molecule has 0 aliphatic rings. The van der Waals surface area contributed by atoms with E-state index >= 15 is 0 Å². The Labute approximate surface area is 140 Å². The number of fused-ring (bicyclic) bond motifs is 1. The van der Waals surface area contributed by atoms with Gasteiger partial charge in [-0.2, -0.15) is 0 Å². The van der Waals surface area contributed by atoms with Crippen LogP contribution in [0, 0.1) is 6.92 Å². The SMILES string of the molecule is CCOC(=O)c1nc(NCc2ccc(C)cc2)c2ccccc2n1. The van der Waals surface area contributed by atoms with Crippen LogP contribution in [0.5, 0.6) is 0 Å². The molecule has 5 heteroatoms. The molecule has 2 aromatic carbocycles. The van der Waals surface area contributed by atoms with Crippen molar-refractivity contribution in [3.8, 4) is 0 Å². The van der Waals surface area contributed by atoms with Gasteiger partial charge in [0.1, 0.15) is 5.82 Å². The van der Waals surface area contributed by atoms with Crippen LogP contribution in [0.15, 0.2) is 48.5 Å². The molecule has 122 valence electrons. The van der Waals surface area contributed by atoms with Crippen LogP contribution in [0.25, 0.3) is 10.9 Å². The quantitative estimate of drug-likeness (QED) is 0.726. The van der Waals surface area contributed by atoms with Crippen molar-refractivity contribution in [2.75, 3.05) is 11.9 Å². The molecule has 3 rings (SSSR count). The molecule has 0 fully saturated rings. The smallest absolute Gasteiger partial charge is 0.376 e. The van der Waals surface area contributed by atoms with E-state index in [4.69, 9.17) is 4.74 Å². The molecule has 0 atom stereocenters. The summed E-state index contributed by atoms with van der Waals surface area (Å²) in [5.41, 5.74) is 3.07. The second kappa shape index (κ2) is 7.08. The molecule has 0 aliphatic heterocycles. The molecule has 24 heavy (non-hydrogen) atoms. The van der Waals surface area contributed by atoms with E-state index in [0.717, 1.165) is 10.9 Å². The standard InChI is InChI=1S/C19H19N3O2/c1-3-24-19(23)18-21-16-7-5-4-6-15(16)17(22-18)20-12-14-10-8-13(2)9-11-14/h4-11H,3,12H2,1-2H3,(H,20,21,22). The Hall–Kier alpha value is -2.95. The maximum atomic E-state index is 12.0. The third-order valence-corrected chi connectivity index (χ3v) is 3.64. The average molecular weight is 321 g/mol. The number of ether oxygens (including phenoxy) is 1. The minimum atomic E-state index is -0.512. The number of esters is 1. The third-order valence-electron chi connectivity index (χ3n) is 3.64. The van der Waals surface area contributed by atoms with E-state index in [0.29, 0.717) is 24.5 Å². The Morgan fingerprint density at radius 1 is 1.08 bits per heavy atom. The first-order valence-corrected chi connectivity index (χ1v) is 7.90. The summed E-state index contributed by atoms with van der Waals surface area (Å²) in [5, 5.41) is 4.17. The third kappa shape index (κ3) is 3.51. The number of carbonyl (C=O) groups is 1. The largest absolute Gasteiger partial charge is 0.460 e. The molecule has 0 bridgehead atoms. The lowest BCUT2D eigenvalue weighted by atomic mass is 10.1. The second-order valence-corrected chi connectivity index (χ2v) is 5.47. The molecule has 0 saturated heterocycles. The number of hydrogen-bond acceptors (Lipinski definition) is 5. The summed E-state index contributed by atoms with van der Waals surface area (Å²) in [5.74, 6) is 0.188. The second-order valence-electron chi connectivity index (χ2n) is 5.47. The Balaban J connectivity index is 1.92. The summed E-state index contributed by atoms with van der Waals surface area (Å²) >= 11 is 0. The monoisotopic (exact) mass is 321 g/mol. The summed E-state index contributed by atoms with van der Waals surface area (Å²) in [6, 6.07) is 15.9. The van der Waals surface area contributed by atoms with Gasteiger partial charge in [0.05, 0.1) is 12.1 Å². The number of anilines is 1. The Morgan fingerprint density at radius 2 is 1.83 bits per heavy atom. The first-order valence-electron chi connectivity index (χ1n) is 7.90. The van der Waals surface area contributed by atoms with Gasteiger partial charge in [0.2, 0.25) is 5.82 Å². The van der Waals surface area contributed by atoms with Gasteiger partial charge in [0, 0.05) is 11.9 Å². The lowest BCUT2D eigenvalue weighted by Crippen LogP contribution is -2.12. The van der Waals surface area contributed by atoms with Gasteiger partial charge in [-0.3, -0.25) is 0 Å². The van der Waals surface area contributed by atoms with Crippen LogP contribution in [0.4, 0.5) is 5.82 Å². The van der Waals surface area contributed by atoms with Gasteiger partial charge in [-0.25, -0.2) is 14.8 Å². The minimum absolute atomic E-state index is 0.0713.